The maximum atomic E-state index is 10.3. The van der Waals surface area contributed by atoms with Crippen LogP contribution in [0.2, 0.25) is 0 Å². The summed E-state index contributed by atoms with van der Waals surface area (Å²) < 4.78 is 0. The molecule has 0 spiro atoms. The van der Waals surface area contributed by atoms with Gasteiger partial charge in [0, 0.05) is 25.8 Å². The number of carbonyl (C=O) groups is 3. The number of aliphatic hydroxyl groups is 1. The number of carboxylic acid groups (broad SMARTS) is 3. The predicted octanol–water partition coefficient (Wildman–Crippen LogP) is -4.96. The van der Waals surface area contributed by atoms with Crippen LogP contribution in [0.3, 0.4) is 0 Å². The van der Waals surface area contributed by atoms with E-state index in [0.29, 0.717) is 0 Å². The molecule has 10 heteroatoms. The smallest absolute Gasteiger partial charge is 1.00 e. The van der Waals surface area contributed by atoms with Crippen molar-refractivity contribution in [1.29, 1.82) is 0 Å². The van der Waals surface area contributed by atoms with E-state index in [1.165, 1.54) is 0 Å². The monoisotopic (exact) mass is 414 g/mol. The van der Waals surface area contributed by atoms with Gasteiger partial charge in [-0.1, -0.05) is 0 Å². The molecule has 0 bridgehead atoms. The van der Waals surface area contributed by atoms with Crippen LogP contribution in [-0.2, 0) is 40.2 Å². The molecule has 0 saturated carbocycles. The minimum Gasteiger partial charge on any atom is -1.00 e. The third kappa shape index (κ3) is 9.43. The molecule has 0 aliphatic heterocycles. The second-order valence-electron chi connectivity index (χ2n) is 2.48. The van der Waals surface area contributed by atoms with E-state index in [9.17, 15) is 14.4 Å². The van der Waals surface area contributed by atoms with E-state index < -0.39 is 36.4 Å². The molecule has 0 atom stereocenters. The zero-order valence-electron chi connectivity index (χ0n) is 9.43. The molecule has 16 heavy (non-hydrogen) atoms. The van der Waals surface area contributed by atoms with Crippen LogP contribution in [0, 0.1) is 0 Å². The van der Waals surface area contributed by atoms with Crippen LogP contribution in [0.25, 0.3) is 0 Å². The van der Waals surface area contributed by atoms with Gasteiger partial charge in [0.25, 0.3) is 0 Å². The van der Waals surface area contributed by atoms with Crippen molar-refractivity contribution < 1.29 is 97.1 Å². The first kappa shape index (κ1) is 25.1. The van der Waals surface area contributed by atoms with Crippen LogP contribution < -0.4 is 29.6 Å². The van der Waals surface area contributed by atoms with Gasteiger partial charge in [-0.2, -0.15) is 0 Å². The number of aliphatic carboxylic acids is 3. The number of hydrogen-bond donors (Lipinski definition) is 4. The first-order valence-corrected chi connectivity index (χ1v) is 3.17. The Morgan fingerprint density at radius 3 is 1.38 bits per heavy atom. The maximum absolute atomic E-state index is 10.3. The summed E-state index contributed by atoms with van der Waals surface area (Å²) in [5.74, 6) is -5.02. The van der Waals surface area contributed by atoms with Crippen molar-refractivity contribution in [2.45, 2.75) is 18.4 Å². The van der Waals surface area contributed by atoms with Crippen LogP contribution in [0.4, 0.5) is 0 Å². The van der Waals surface area contributed by atoms with Gasteiger partial charge < -0.3 is 27.3 Å². The van der Waals surface area contributed by atoms with E-state index >= 15 is 0 Å². The first-order chi connectivity index (χ1) is 5.78. The molecular weight excluding hydrogens is 402 g/mol. The second kappa shape index (κ2) is 10.4. The standard InChI is InChI=1S/C6H8O7.Hf.Na.H2O.H/c7-3(8)1-6(13,5(11)12)2-4(9)10;;;;/h13H,1-2H2,(H,7,8)(H,9,10)(H,11,12);;;1H2;/q;;+1;;-1. The molecule has 0 radical (unpaired) electrons. The average molecular weight is 413 g/mol. The summed E-state index contributed by atoms with van der Waals surface area (Å²) in [5.41, 5.74) is -2.74. The Bertz CT molecular complexity index is 244. The third-order valence-electron chi connectivity index (χ3n) is 1.29. The van der Waals surface area contributed by atoms with Gasteiger partial charge in [-0.15, -0.1) is 0 Å². The van der Waals surface area contributed by atoms with Crippen molar-refractivity contribution in [3.8, 4) is 0 Å². The van der Waals surface area contributed by atoms with Crippen LogP contribution in [-0.4, -0.2) is 49.4 Å². The fourth-order valence-corrected chi connectivity index (χ4v) is 0.714. The second-order valence-corrected chi connectivity index (χ2v) is 2.48. The van der Waals surface area contributed by atoms with E-state index in [1.54, 1.807) is 0 Å². The molecule has 0 aromatic heterocycles. The van der Waals surface area contributed by atoms with Gasteiger partial charge in [0.05, 0.1) is 12.8 Å². The summed E-state index contributed by atoms with van der Waals surface area (Å²) in [6.07, 6.45) is -2.29. The molecule has 0 rings (SSSR count). The molecule has 0 amide bonds. The molecule has 0 aliphatic carbocycles. The molecule has 0 unspecified atom stereocenters. The number of carboxylic acids is 3. The van der Waals surface area contributed by atoms with Crippen LogP contribution in [0.15, 0.2) is 0 Å². The Hall–Kier alpha value is 0.200. The van der Waals surface area contributed by atoms with E-state index in [-0.39, 0.29) is 62.3 Å². The summed E-state index contributed by atoms with van der Waals surface area (Å²) in [7, 11) is 0. The van der Waals surface area contributed by atoms with Crippen LogP contribution in [0.5, 0.6) is 0 Å². The fraction of sp³-hybridized carbons (Fsp3) is 0.500. The summed E-state index contributed by atoms with van der Waals surface area (Å²) in [4.78, 5) is 30.5. The summed E-state index contributed by atoms with van der Waals surface area (Å²) in [5, 5.41) is 33.8. The minimum absolute atomic E-state index is 0. The van der Waals surface area contributed by atoms with Gasteiger partial charge in [0.2, 0.25) is 0 Å². The quantitative estimate of drug-likeness (QED) is 0.328. The van der Waals surface area contributed by atoms with Crippen LogP contribution >= 0.6 is 0 Å². The Morgan fingerprint density at radius 2 is 1.25 bits per heavy atom. The molecule has 0 aromatic carbocycles. The van der Waals surface area contributed by atoms with Gasteiger partial charge in [-0.3, -0.25) is 9.59 Å². The molecule has 6 N–H and O–H groups in total. The van der Waals surface area contributed by atoms with Crippen molar-refractivity contribution >= 4 is 17.9 Å². The van der Waals surface area contributed by atoms with Crippen LogP contribution in [0.1, 0.15) is 14.3 Å². The van der Waals surface area contributed by atoms with Crippen molar-refractivity contribution in [2.75, 3.05) is 0 Å². The molecular formula is C6H11HfNaO8. The molecule has 88 valence electrons. The van der Waals surface area contributed by atoms with Crippen molar-refractivity contribution in [2.24, 2.45) is 0 Å². The van der Waals surface area contributed by atoms with E-state index in [0.717, 1.165) is 0 Å². The SMILES string of the molecule is O.O=C(O)CC(O)(CC(=O)O)C(=O)O.[H-].[Hf].[Na+]. The fourth-order valence-electron chi connectivity index (χ4n) is 0.714. The molecule has 0 aliphatic rings. The molecule has 8 nitrogen and oxygen atoms in total. The summed E-state index contributed by atoms with van der Waals surface area (Å²) in [6, 6.07) is 0. The maximum Gasteiger partial charge on any atom is 1.00 e. The predicted molar refractivity (Wildman–Crippen MR) is 41.8 cm³/mol. The normalized spacial score (nSPS) is 8.81. The van der Waals surface area contributed by atoms with E-state index in [1.807, 2.05) is 0 Å². The van der Waals surface area contributed by atoms with Gasteiger partial charge in [0.15, 0.2) is 5.60 Å². The molecule has 0 fully saturated rings. The zero-order chi connectivity index (χ0) is 10.6. The molecule has 0 aromatic rings. The van der Waals surface area contributed by atoms with Gasteiger partial charge in [-0.25, -0.2) is 4.79 Å². The third-order valence-corrected chi connectivity index (χ3v) is 1.29. The zero-order valence-corrected chi connectivity index (χ0v) is 14.0. The Morgan fingerprint density at radius 1 is 1.00 bits per heavy atom. The Balaban J connectivity index is -0.000000120. The van der Waals surface area contributed by atoms with Crippen molar-refractivity contribution in [1.82, 2.24) is 0 Å². The average Bonchev–Trinajstić information content (AvgIpc) is 1.82. The minimum atomic E-state index is -2.74. The molecule has 0 heterocycles. The van der Waals surface area contributed by atoms with Gasteiger partial charge >= 0.3 is 47.5 Å². The first-order valence-electron chi connectivity index (χ1n) is 3.17. The van der Waals surface area contributed by atoms with E-state index in [4.69, 9.17) is 20.4 Å². The van der Waals surface area contributed by atoms with Gasteiger partial charge in [0.1, 0.15) is 0 Å². The van der Waals surface area contributed by atoms with E-state index in [2.05, 4.69) is 0 Å². The summed E-state index contributed by atoms with van der Waals surface area (Å²) >= 11 is 0. The van der Waals surface area contributed by atoms with Crippen molar-refractivity contribution in [3.05, 3.63) is 0 Å². The van der Waals surface area contributed by atoms with Gasteiger partial charge in [-0.05, 0) is 0 Å². The summed E-state index contributed by atoms with van der Waals surface area (Å²) in [6.45, 7) is 0. The topological polar surface area (TPSA) is 164 Å². The number of hydrogen-bond acceptors (Lipinski definition) is 4. The Labute approximate surface area is 133 Å². The largest absolute Gasteiger partial charge is 1.00 e. The van der Waals surface area contributed by atoms with Crippen molar-refractivity contribution in [3.63, 3.8) is 0 Å². The number of rotatable bonds is 5. The molecule has 0 saturated heterocycles. The Kier molecular flexibility index (Phi) is 16.3.